The number of nitrogens with zero attached hydrogens (tertiary/aromatic N) is 1. The van der Waals surface area contributed by atoms with Gasteiger partial charge in [0.1, 0.15) is 5.82 Å². The van der Waals surface area contributed by atoms with Crippen LogP contribution in [-0.2, 0) is 4.79 Å². The number of amides is 1. The monoisotopic (exact) mass is 435 g/mol. The van der Waals surface area contributed by atoms with E-state index in [0.717, 1.165) is 22.9 Å². The van der Waals surface area contributed by atoms with Gasteiger partial charge in [-0.25, -0.2) is 0 Å². The first-order valence-electron chi connectivity index (χ1n) is 9.15. The molecule has 1 aliphatic heterocycles. The number of nitrogens with one attached hydrogen (secondary N) is 2. The van der Waals surface area contributed by atoms with Crippen LogP contribution in [0.2, 0.25) is 0 Å². The number of thioether (sulfide) groups is 1. The van der Waals surface area contributed by atoms with Crippen molar-refractivity contribution in [1.82, 2.24) is 9.78 Å². The van der Waals surface area contributed by atoms with E-state index < -0.39 is 0 Å². The van der Waals surface area contributed by atoms with E-state index in [1.165, 1.54) is 37.4 Å². The number of benzene rings is 1. The Hall–Kier alpha value is -1.47. The van der Waals surface area contributed by atoms with Crippen LogP contribution in [0.15, 0.2) is 33.5 Å². The van der Waals surface area contributed by atoms with E-state index in [0.29, 0.717) is 17.1 Å². The standard InChI is InChI=1S/C19H22BrN3O2S/c20-13-9-7-12(8-10-13)17-16-18(21-15(24)11-26-17)23(22-19(16)25)14-5-3-1-2-4-6-14/h7-10,14,17H,1-6,11H2,(H,21,24)(H,22,25)/t17-/m0/s1. The zero-order valence-electron chi connectivity index (χ0n) is 14.5. The zero-order chi connectivity index (χ0) is 18.1. The van der Waals surface area contributed by atoms with Crippen molar-refractivity contribution >= 4 is 39.4 Å². The second kappa shape index (κ2) is 7.64. The van der Waals surface area contributed by atoms with E-state index in [1.54, 1.807) is 0 Å². The van der Waals surface area contributed by atoms with E-state index in [1.807, 2.05) is 28.9 Å². The lowest BCUT2D eigenvalue weighted by atomic mass is 10.1. The van der Waals surface area contributed by atoms with Crippen LogP contribution < -0.4 is 10.9 Å². The third-order valence-electron chi connectivity index (χ3n) is 5.23. The highest BCUT2D eigenvalue weighted by atomic mass is 79.9. The van der Waals surface area contributed by atoms with Crippen molar-refractivity contribution < 1.29 is 4.79 Å². The topological polar surface area (TPSA) is 66.9 Å². The van der Waals surface area contributed by atoms with Gasteiger partial charge in [0.25, 0.3) is 5.56 Å². The highest BCUT2D eigenvalue weighted by molar-refractivity contribution is 9.10. The molecule has 1 fully saturated rings. The second-order valence-electron chi connectivity index (χ2n) is 7.01. The fourth-order valence-electron chi connectivity index (χ4n) is 3.93. The van der Waals surface area contributed by atoms with Gasteiger partial charge >= 0.3 is 0 Å². The van der Waals surface area contributed by atoms with Gasteiger partial charge in [0, 0.05) is 4.47 Å². The summed E-state index contributed by atoms with van der Waals surface area (Å²) < 4.78 is 2.94. The van der Waals surface area contributed by atoms with E-state index in [2.05, 4.69) is 26.3 Å². The maximum absolute atomic E-state index is 12.9. The van der Waals surface area contributed by atoms with Crippen molar-refractivity contribution in [3.05, 3.63) is 50.2 Å². The maximum Gasteiger partial charge on any atom is 0.270 e. The van der Waals surface area contributed by atoms with Crippen LogP contribution in [0.25, 0.3) is 0 Å². The smallest absolute Gasteiger partial charge is 0.270 e. The molecule has 1 atom stereocenters. The Labute approximate surface area is 165 Å². The summed E-state index contributed by atoms with van der Waals surface area (Å²) in [6.45, 7) is 0. The largest absolute Gasteiger partial charge is 0.310 e. The molecule has 2 heterocycles. The Kier molecular flexibility index (Phi) is 5.27. The summed E-state index contributed by atoms with van der Waals surface area (Å²) in [5.74, 6) is 0.974. The van der Waals surface area contributed by atoms with Gasteiger partial charge in [-0.3, -0.25) is 19.4 Å². The van der Waals surface area contributed by atoms with E-state index in [9.17, 15) is 9.59 Å². The number of hydrogen-bond acceptors (Lipinski definition) is 3. The van der Waals surface area contributed by atoms with Crippen molar-refractivity contribution in [2.45, 2.75) is 49.8 Å². The van der Waals surface area contributed by atoms with Gasteiger partial charge in [-0.05, 0) is 30.5 Å². The summed E-state index contributed by atoms with van der Waals surface area (Å²) in [6.07, 6.45) is 6.91. The Morgan fingerprint density at radius 3 is 2.42 bits per heavy atom. The SMILES string of the molecule is O=C1CS[C@@H](c2ccc(Br)cc2)c2c(n(C3CCCCCC3)[nH]c2=O)N1. The van der Waals surface area contributed by atoms with Crippen LogP contribution in [0.3, 0.4) is 0 Å². The third kappa shape index (κ3) is 3.51. The zero-order valence-corrected chi connectivity index (χ0v) is 16.9. The minimum Gasteiger partial charge on any atom is -0.310 e. The lowest BCUT2D eigenvalue weighted by molar-refractivity contribution is -0.113. The van der Waals surface area contributed by atoms with E-state index in [-0.39, 0.29) is 22.8 Å². The molecule has 0 saturated heterocycles. The van der Waals surface area contributed by atoms with Gasteiger partial charge < -0.3 is 5.32 Å². The van der Waals surface area contributed by atoms with Crippen LogP contribution in [0.4, 0.5) is 5.82 Å². The van der Waals surface area contributed by atoms with Gasteiger partial charge in [0.2, 0.25) is 5.91 Å². The fraction of sp³-hybridized carbons (Fsp3) is 0.474. The van der Waals surface area contributed by atoms with Crippen LogP contribution in [0, 0.1) is 0 Å². The maximum atomic E-state index is 12.9. The Morgan fingerprint density at radius 2 is 1.73 bits per heavy atom. The van der Waals surface area contributed by atoms with Crippen molar-refractivity contribution in [2.24, 2.45) is 0 Å². The normalized spacial score (nSPS) is 21.6. The van der Waals surface area contributed by atoms with Gasteiger partial charge in [-0.2, -0.15) is 0 Å². The second-order valence-corrected chi connectivity index (χ2v) is 9.02. The summed E-state index contributed by atoms with van der Waals surface area (Å²) >= 11 is 4.97. The highest BCUT2D eigenvalue weighted by Crippen LogP contribution is 2.41. The number of aromatic nitrogens is 2. The number of fused-ring (bicyclic) bond motifs is 1. The molecule has 26 heavy (non-hydrogen) atoms. The Bertz CT molecular complexity index is 851. The number of carbonyl (C=O) groups excluding carboxylic acids is 1. The van der Waals surface area contributed by atoms with Crippen LogP contribution in [-0.4, -0.2) is 21.4 Å². The summed E-state index contributed by atoms with van der Waals surface area (Å²) in [7, 11) is 0. The van der Waals surface area contributed by atoms with Crippen LogP contribution in [0.1, 0.15) is 60.9 Å². The van der Waals surface area contributed by atoms with Crippen LogP contribution >= 0.6 is 27.7 Å². The summed E-state index contributed by atoms with van der Waals surface area (Å²) in [5.41, 5.74) is 1.62. The number of H-pyrrole nitrogens is 1. The summed E-state index contributed by atoms with van der Waals surface area (Å²) in [6, 6.07) is 8.24. The van der Waals surface area contributed by atoms with Crippen molar-refractivity contribution in [3.8, 4) is 0 Å². The van der Waals surface area contributed by atoms with Crippen molar-refractivity contribution in [3.63, 3.8) is 0 Å². The first kappa shape index (κ1) is 17.9. The highest BCUT2D eigenvalue weighted by Gasteiger charge is 2.32. The molecule has 1 aromatic carbocycles. The van der Waals surface area contributed by atoms with Crippen molar-refractivity contribution in [1.29, 1.82) is 0 Å². The van der Waals surface area contributed by atoms with Gasteiger partial charge in [-0.15, -0.1) is 11.8 Å². The van der Waals surface area contributed by atoms with E-state index in [4.69, 9.17) is 0 Å². The number of carbonyl (C=O) groups is 1. The average Bonchev–Trinajstić information content (AvgIpc) is 2.83. The molecule has 2 aromatic rings. The summed E-state index contributed by atoms with van der Waals surface area (Å²) in [4.78, 5) is 25.2. The molecule has 0 spiro atoms. The molecule has 7 heteroatoms. The molecular weight excluding hydrogens is 414 g/mol. The number of rotatable bonds is 2. The molecule has 1 aliphatic carbocycles. The minimum absolute atomic E-state index is 0.0442. The first-order valence-corrected chi connectivity index (χ1v) is 11.0. The predicted octanol–water partition coefficient (Wildman–Crippen LogP) is 4.61. The molecule has 0 radical (unpaired) electrons. The predicted molar refractivity (Wildman–Crippen MR) is 109 cm³/mol. The average molecular weight is 436 g/mol. The number of hydrogen-bond donors (Lipinski definition) is 2. The Balaban J connectivity index is 1.79. The minimum atomic E-state index is -0.146. The lowest BCUT2D eigenvalue weighted by Gasteiger charge is -2.19. The van der Waals surface area contributed by atoms with Gasteiger partial charge in [0.05, 0.1) is 22.6 Å². The van der Waals surface area contributed by atoms with E-state index >= 15 is 0 Å². The molecular formula is C19H22BrN3O2S. The molecule has 0 bridgehead atoms. The fourth-order valence-corrected chi connectivity index (χ4v) is 5.32. The molecule has 0 unspecified atom stereocenters. The van der Waals surface area contributed by atoms with Gasteiger partial charge in [-0.1, -0.05) is 53.7 Å². The summed E-state index contributed by atoms with van der Waals surface area (Å²) in [5, 5.41) is 5.89. The molecule has 4 rings (SSSR count). The quantitative estimate of drug-likeness (QED) is 0.676. The first-order chi connectivity index (χ1) is 12.6. The number of halogens is 1. The number of anilines is 1. The van der Waals surface area contributed by atoms with Gasteiger partial charge in [0.15, 0.2) is 0 Å². The molecule has 1 aromatic heterocycles. The lowest BCUT2D eigenvalue weighted by Crippen LogP contribution is -2.19. The van der Waals surface area contributed by atoms with Crippen molar-refractivity contribution in [2.75, 3.05) is 11.1 Å². The molecule has 138 valence electrons. The molecule has 1 amide bonds. The molecule has 2 aliphatic rings. The number of aromatic amines is 1. The third-order valence-corrected chi connectivity index (χ3v) is 7.03. The molecule has 2 N–H and O–H groups in total. The Morgan fingerprint density at radius 1 is 1.04 bits per heavy atom. The molecule has 5 nitrogen and oxygen atoms in total. The molecule has 1 saturated carbocycles. The van der Waals surface area contributed by atoms with Crippen LogP contribution in [0.5, 0.6) is 0 Å².